The lowest BCUT2D eigenvalue weighted by molar-refractivity contribution is -0.123. The number of nitrogens with two attached hydrogens (primary N) is 1. The minimum atomic E-state index is -0.645. The Kier molecular flexibility index (Phi) is 5.87. The van der Waals surface area contributed by atoms with Crippen molar-refractivity contribution in [2.24, 2.45) is 5.73 Å². The number of hydrogen-bond donors (Lipinski definition) is 1. The Hall–Kier alpha value is -1.75. The highest BCUT2D eigenvalue weighted by atomic mass is 16.5. The quantitative estimate of drug-likeness (QED) is 0.832. The molecule has 1 aliphatic rings. The van der Waals surface area contributed by atoms with Gasteiger partial charge < -0.3 is 15.2 Å². The van der Waals surface area contributed by atoms with Gasteiger partial charge in [-0.2, -0.15) is 0 Å². The predicted octanol–water partition coefficient (Wildman–Crippen LogP) is 1.80. The molecule has 0 unspecified atom stereocenters. The van der Waals surface area contributed by atoms with Gasteiger partial charge in [-0.25, -0.2) is 0 Å². The summed E-state index contributed by atoms with van der Waals surface area (Å²) < 4.78 is 11.2. The van der Waals surface area contributed by atoms with Gasteiger partial charge in [0.25, 0.3) is 5.91 Å². The largest absolute Gasteiger partial charge is 0.492 e. The number of hydrogen-bond acceptors (Lipinski definition) is 4. The van der Waals surface area contributed by atoms with Gasteiger partial charge in [0, 0.05) is 12.6 Å². The van der Waals surface area contributed by atoms with E-state index >= 15 is 0 Å². The Bertz CT molecular complexity index is 459. The second-order valence-corrected chi connectivity index (χ2v) is 5.39. The van der Waals surface area contributed by atoms with Gasteiger partial charge >= 0.3 is 0 Å². The van der Waals surface area contributed by atoms with Crippen LogP contribution >= 0.6 is 0 Å². The number of nitrogens with zero attached hydrogens (tertiary/aromatic N) is 1. The summed E-state index contributed by atoms with van der Waals surface area (Å²) in [5.41, 5.74) is 5.18. The molecule has 1 amide bonds. The van der Waals surface area contributed by atoms with E-state index in [-0.39, 0.29) is 0 Å². The number of piperidine rings is 1. The second-order valence-electron chi connectivity index (χ2n) is 5.39. The van der Waals surface area contributed by atoms with Gasteiger partial charge in [0.15, 0.2) is 6.10 Å². The first-order valence-corrected chi connectivity index (χ1v) is 7.56. The van der Waals surface area contributed by atoms with Crippen molar-refractivity contribution in [1.82, 2.24) is 4.90 Å². The third-order valence-corrected chi connectivity index (χ3v) is 3.64. The lowest BCUT2D eigenvalue weighted by atomic mass is 10.1. The van der Waals surface area contributed by atoms with Crippen LogP contribution in [0.2, 0.25) is 0 Å². The first-order valence-electron chi connectivity index (χ1n) is 7.56. The standard InChI is InChI=1S/C16H24N2O3/c1-13(16(17)19)21-15-7-5-6-14(12-15)20-11-10-18-8-3-2-4-9-18/h5-7,12-13H,2-4,8-11H2,1H3,(H2,17,19)/t13-/m0/s1. The van der Waals surface area contributed by atoms with Crippen LogP contribution in [0.25, 0.3) is 0 Å². The maximum atomic E-state index is 11.0. The number of primary amides is 1. The van der Waals surface area contributed by atoms with Crippen molar-refractivity contribution in [2.45, 2.75) is 32.3 Å². The van der Waals surface area contributed by atoms with Crippen molar-refractivity contribution in [2.75, 3.05) is 26.2 Å². The molecule has 1 fully saturated rings. The SMILES string of the molecule is C[C@H](Oc1cccc(OCCN2CCCCC2)c1)C(N)=O. The van der Waals surface area contributed by atoms with Gasteiger partial charge in [-0.1, -0.05) is 12.5 Å². The smallest absolute Gasteiger partial charge is 0.258 e. The average Bonchev–Trinajstić information content (AvgIpc) is 2.48. The van der Waals surface area contributed by atoms with Crippen LogP contribution in [0.5, 0.6) is 11.5 Å². The van der Waals surface area contributed by atoms with Crippen LogP contribution < -0.4 is 15.2 Å². The van der Waals surface area contributed by atoms with E-state index in [1.165, 1.54) is 32.4 Å². The van der Waals surface area contributed by atoms with Gasteiger partial charge in [-0.05, 0) is 45.0 Å². The molecule has 0 aliphatic carbocycles. The molecule has 2 rings (SSSR count). The molecule has 5 nitrogen and oxygen atoms in total. The fourth-order valence-corrected chi connectivity index (χ4v) is 2.38. The molecule has 0 saturated carbocycles. The Balaban J connectivity index is 1.79. The summed E-state index contributed by atoms with van der Waals surface area (Å²) in [4.78, 5) is 13.4. The lowest BCUT2D eigenvalue weighted by Gasteiger charge is -2.26. The molecule has 1 aromatic rings. The molecule has 21 heavy (non-hydrogen) atoms. The second kappa shape index (κ2) is 7.88. The number of benzene rings is 1. The van der Waals surface area contributed by atoms with Crippen LogP contribution in [0.3, 0.4) is 0 Å². The van der Waals surface area contributed by atoms with Crippen molar-refractivity contribution in [1.29, 1.82) is 0 Å². The number of likely N-dealkylation sites (tertiary alicyclic amines) is 1. The van der Waals surface area contributed by atoms with E-state index in [2.05, 4.69) is 4.90 Å². The van der Waals surface area contributed by atoms with Gasteiger partial charge in [0.1, 0.15) is 18.1 Å². The van der Waals surface area contributed by atoms with Crippen molar-refractivity contribution in [3.8, 4) is 11.5 Å². The van der Waals surface area contributed by atoms with Crippen LogP contribution in [0, 0.1) is 0 Å². The van der Waals surface area contributed by atoms with Crippen molar-refractivity contribution < 1.29 is 14.3 Å². The summed E-state index contributed by atoms with van der Waals surface area (Å²) in [6.07, 6.45) is 3.27. The summed E-state index contributed by atoms with van der Waals surface area (Å²) >= 11 is 0. The van der Waals surface area contributed by atoms with Gasteiger partial charge in [0.05, 0.1) is 0 Å². The zero-order valence-corrected chi connectivity index (χ0v) is 12.6. The molecule has 0 radical (unpaired) electrons. The average molecular weight is 292 g/mol. The van der Waals surface area contributed by atoms with Crippen molar-refractivity contribution in [3.05, 3.63) is 24.3 Å². The van der Waals surface area contributed by atoms with Crippen LogP contribution in [0.15, 0.2) is 24.3 Å². The Morgan fingerprint density at radius 3 is 2.71 bits per heavy atom. The van der Waals surface area contributed by atoms with E-state index in [1.54, 1.807) is 19.1 Å². The molecule has 1 heterocycles. The summed E-state index contributed by atoms with van der Waals surface area (Å²) in [7, 11) is 0. The molecule has 1 saturated heterocycles. The van der Waals surface area contributed by atoms with Crippen LogP contribution in [-0.4, -0.2) is 43.2 Å². The predicted molar refractivity (Wildman–Crippen MR) is 81.5 cm³/mol. The zero-order valence-electron chi connectivity index (χ0n) is 12.6. The molecular formula is C16H24N2O3. The van der Waals surface area contributed by atoms with E-state index in [0.717, 1.165) is 12.3 Å². The van der Waals surface area contributed by atoms with Gasteiger partial charge in [-0.15, -0.1) is 0 Å². The van der Waals surface area contributed by atoms with E-state index in [4.69, 9.17) is 15.2 Å². The van der Waals surface area contributed by atoms with Gasteiger partial charge in [0.2, 0.25) is 0 Å². The minimum absolute atomic E-state index is 0.480. The first-order chi connectivity index (χ1) is 10.1. The van der Waals surface area contributed by atoms with Crippen molar-refractivity contribution >= 4 is 5.91 Å². The number of ether oxygens (including phenoxy) is 2. The number of rotatable bonds is 7. The molecular weight excluding hydrogens is 268 g/mol. The minimum Gasteiger partial charge on any atom is -0.492 e. The van der Waals surface area contributed by atoms with E-state index in [1.807, 2.05) is 12.1 Å². The van der Waals surface area contributed by atoms with Crippen LogP contribution in [0.4, 0.5) is 0 Å². The first kappa shape index (κ1) is 15.6. The third kappa shape index (κ3) is 5.27. The molecule has 116 valence electrons. The summed E-state index contributed by atoms with van der Waals surface area (Å²) in [6.45, 7) is 5.58. The highest BCUT2D eigenvalue weighted by molar-refractivity contribution is 5.78. The maximum Gasteiger partial charge on any atom is 0.258 e. The van der Waals surface area contributed by atoms with Gasteiger partial charge in [-0.3, -0.25) is 9.69 Å². The molecule has 2 N–H and O–H groups in total. The third-order valence-electron chi connectivity index (χ3n) is 3.64. The zero-order chi connectivity index (χ0) is 15.1. The Morgan fingerprint density at radius 1 is 1.29 bits per heavy atom. The van der Waals surface area contributed by atoms with E-state index in [0.29, 0.717) is 12.4 Å². The van der Waals surface area contributed by atoms with E-state index in [9.17, 15) is 4.79 Å². The maximum absolute atomic E-state index is 11.0. The molecule has 1 aliphatic heterocycles. The Morgan fingerprint density at radius 2 is 2.00 bits per heavy atom. The normalized spacial score (nSPS) is 17.2. The summed E-state index contributed by atoms with van der Waals surface area (Å²) in [5.74, 6) is 0.865. The lowest BCUT2D eigenvalue weighted by Crippen LogP contribution is -2.33. The number of amides is 1. The highest BCUT2D eigenvalue weighted by Gasteiger charge is 2.11. The highest BCUT2D eigenvalue weighted by Crippen LogP contribution is 2.20. The molecule has 0 spiro atoms. The molecule has 0 aromatic heterocycles. The topological polar surface area (TPSA) is 64.8 Å². The van der Waals surface area contributed by atoms with E-state index < -0.39 is 12.0 Å². The van der Waals surface area contributed by atoms with Crippen LogP contribution in [0.1, 0.15) is 26.2 Å². The molecule has 0 bridgehead atoms. The number of carbonyl (C=O) groups is 1. The summed E-state index contributed by atoms with van der Waals surface area (Å²) in [6, 6.07) is 7.31. The van der Waals surface area contributed by atoms with Crippen molar-refractivity contribution in [3.63, 3.8) is 0 Å². The molecule has 5 heteroatoms. The number of carbonyl (C=O) groups excluding carboxylic acids is 1. The molecule has 1 atom stereocenters. The molecule has 1 aromatic carbocycles. The fourth-order valence-electron chi connectivity index (χ4n) is 2.38. The summed E-state index contributed by atoms with van der Waals surface area (Å²) in [5, 5.41) is 0. The fraction of sp³-hybridized carbons (Fsp3) is 0.562. The van der Waals surface area contributed by atoms with Crippen LogP contribution in [-0.2, 0) is 4.79 Å². The Labute approximate surface area is 126 Å². The monoisotopic (exact) mass is 292 g/mol.